The highest BCUT2D eigenvalue weighted by Gasteiger charge is 2.19. The number of carbonyl (C=O) groups is 3. The SMILES string of the molecule is CC/C=C\C/C=C\C/C=C\C/C=C\C/C=C\C/C=C\CCCCCCCCCCC(=O)OCC(COC(=O)CCCCCCC)OC(=O)CCCCCCCC/C=C\C/C=C\C/C=C\CCCCC. The summed E-state index contributed by atoms with van der Waals surface area (Å²) in [5.74, 6) is -0.924. The molecule has 0 saturated heterocycles. The molecule has 0 aromatic rings. The molecule has 0 bridgehead atoms. The smallest absolute Gasteiger partial charge is 0.306 e. The van der Waals surface area contributed by atoms with E-state index in [1.165, 1.54) is 77.0 Å². The van der Waals surface area contributed by atoms with Crippen molar-refractivity contribution in [2.24, 2.45) is 0 Å². The molecule has 0 rings (SSSR count). The second kappa shape index (κ2) is 56.7. The average molecular weight is 958 g/mol. The van der Waals surface area contributed by atoms with Gasteiger partial charge in [0.15, 0.2) is 6.10 Å². The van der Waals surface area contributed by atoms with Crippen LogP contribution in [0.1, 0.15) is 252 Å². The molecule has 0 aliphatic heterocycles. The number of hydrogen-bond donors (Lipinski definition) is 0. The van der Waals surface area contributed by atoms with Crippen LogP contribution in [-0.4, -0.2) is 37.2 Å². The molecule has 69 heavy (non-hydrogen) atoms. The molecule has 0 aromatic carbocycles. The van der Waals surface area contributed by atoms with Gasteiger partial charge >= 0.3 is 17.9 Å². The van der Waals surface area contributed by atoms with Gasteiger partial charge in [-0.2, -0.15) is 0 Å². The highest BCUT2D eigenvalue weighted by molar-refractivity contribution is 5.71. The van der Waals surface area contributed by atoms with Crippen LogP contribution in [-0.2, 0) is 28.6 Å². The van der Waals surface area contributed by atoms with Gasteiger partial charge in [0, 0.05) is 19.3 Å². The van der Waals surface area contributed by atoms with Gasteiger partial charge in [0.1, 0.15) is 13.2 Å². The Labute approximate surface area is 425 Å². The first-order valence-corrected chi connectivity index (χ1v) is 28.4. The van der Waals surface area contributed by atoms with Crippen molar-refractivity contribution in [2.75, 3.05) is 13.2 Å². The van der Waals surface area contributed by atoms with Gasteiger partial charge in [-0.1, -0.05) is 233 Å². The Morgan fingerprint density at radius 3 is 0.913 bits per heavy atom. The predicted octanol–water partition coefficient (Wildman–Crippen LogP) is 19.1. The van der Waals surface area contributed by atoms with Crippen molar-refractivity contribution in [1.29, 1.82) is 0 Å². The monoisotopic (exact) mass is 957 g/mol. The third-order valence-corrected chi connectivity index (χ3v) is 11.8. The molecule has 0 saturated carbocycles. The molecule has 0 aliphatic rings. The van der Waals surface area contributed by atoms with Crippen LogP contribution in [0.5, 0.6) is 0 Å². The van der Waals surface area contributed by atoms with Crippen molar-refractivity contribution in [3.63, 3.8) is 0 Å². The summed E-state index contributed by atoms with van der Waals surface area (Å²) in [5.41, 5.74) is 0. The van der Waals surface area contributed by atoms with E-state index in [2.05, 4.69) is 130 Å². The lowest BCUT2D eigenvalue weighted by Crippen LogP contribution is -2.30. The molecule has 0 aromatic heterocycles. The Kier molecular flexibility index (Phi) is 53.4. The molecule has 6 nitrogen and oxygen atoms in total. The molecule has 0 radical (unpaired) electrons. The van der Waals surface area contributed by atoms with Gasteiger partial charge in [-0.15, -0.1) is 0 Å². The Morgan fingerprint density at radius 1 is 0.304 bits per heavy atom. The zero-order valence-corrected chi connectivity index (χ0v) is 44.8. The standard InChI is InChI=1S/C63H104O6/c1-4-7-10-13-15-17-19-21-23-25-27-28-29-30-31-32-33-34-36-37-39-41-43-45-47-50-53-56-62(65)68-59-60(58-67-61(64)55-52-49-12-9-6-3)69-63(66)57-54-51-48-46-44-42-40-38-35-26-24-22-20-18-16-14-11-8-5-2/h7,10,15-18,21-24,27-28,30-31,33-35,38,60H,4-6,8-9,11-14,19-20,25-26,29,32,36-37,39-59H2,1-3H3/b10-7-,17-15-,18-16-,23-21-,24-22-,28-27-,31-30-,34-33-,38-35-. The minimum atomic E-state index is -0.787. The van der Waals surface area contributed by atoms with Crippen LogP contribution in [0, 0.1) is 0 Å². The molecular weight excluding hydrogens is 853 g/mol. The number of allylic oxidation sites excluding steroid dienone is 18. The fourth-order valence-electron chi connectivity index (χ4n) is 7.51. The maximum Gasteiger partial charge on any atom is 0.306 e. The van der Waals surface area contributed by atoms with Crippen molar-refractivity contribution >= 4 is 17.9 Å². The summed E-state index contributed by atoms with van der Waals surface area (Å²) in [7, 11) is 0. The van der Waals surface area contributed by atoms with E-state index in [0.717, 1.165) is 135 Å². The number of ether oxygens (including phenoxy) is 3. The number of unbranched alkanes of at least 4 members (excludes halogenated alkanes) is 21. The summed E-state index contributed by atoms with van der Waals surface area (Å²) in [5, 5.41) is 0. The summed E-state index contributed by atoms with van der Waals surface area (Å²) in [6.45, 7) is 6.39. The van der Waals surface area contributed by atoms with Crippen LogP contribution in [0.15, 0.2) is 109 Å². The van der Waals surface area contributed by atoms with Crippen LogP contribution < -0.4 is 0 Å². The van der Waals surface area contributed by atoms with Crippen molar-refractivity contribution in [3.8, 4) is 0 Å². The summed E-state index contributed by atoms with van der Waals surface area (Å²) in [6.07, 6.45) is 76.9. The fraction of sp³-hybridized carbons (Fsp3) is 0.667. The minimum absolute atomic E-state index is 0.0878. The van der Waals surface area contributed by atoms with Crippen molar-refractivity contribution in [3.05, 3.63) is 109 Å². The van der Waals surface area contributed by atoms with E-state index in [0.29, 0.717) is 19.3 Å². The number of esters is 3. The second-order valence-corrected chi connectivity index (χ2v) is 18.5. The lowest BCUT2D eigenvalue weighted by Gasteiger charge is -2.18. The molecule has 392 valence electrons. The Morgan fingerprint density at radius 2 is 0.565 bits per heavy atom. The molecule has 0 spiro atoms. The van der Waals surface area contributed by atoms with Crippen LogP contribution in [0.2, 0.25) is 0 Å². The summed E-state index contributed by atoms with van der Waals surface area (Å²) in [4.78, 5) is 37.8. The van der Waals surface area contributed by atoms with Crippen molar-refractivity contribution < 1.29 is 28.6 Å². The lowest BCUT2D eigenvalue weighted by molar-refractivity contribution is -0.167. The molecule has 6 heteroatoms. The molecule has 0 amide bonds. The van der Waals surface area contributed by atoms with E-state index < -0.39 is 6.10 Å². The third-order valence-electron chi connectivity index (χ3n) is 11.8. The first-order valence-electron chi connectivity index (χ1n) is 28.4. The van der Waals surface area contributed by atoms with Crippen LogP contribution in [0.4, 0.5) is 0 Å². The first kappa shape index (κ1) is 65.1. The summed E-state index contributed by atoms with van der Waals surface area (Å²) < 4.78 is 16.7. The highest BCUT2D eigenvalue weighted by atomic mass is 16.6. The Bertz CT molecular complexity index is 1420. The van der Waals surface area contributed by atoms with Gasteiger partial charge in [0.05, 0.1) is 0 Å². The molecule has 0 N–H and O–H groups in total. The van der Waals surface area contributed by atoms with E-state index in [4.69, 9.17) is 14.2 Å². The molecule has 0 fully saturated rings. The summed E-state index contributed by atoms with van der Waals surface area (Å²) in [6, 6.07) is 0. The molecule has 1 atom stereocenters. The number of hydrogen-bond acceptors (Lipinski definition) is 6. The van der Waals surface area contributed by atoms with Gasteiger partial charge in [-0.25, -0.2) is 0 Å². The van der Waals surface area contributed by atoms with E-state index in [1.807, 2.05) is 0 Å². The molecule has 0 aliphatic carbocycles. The minimum Gasteiger partial charge on any atom is -0.462 e. The first-order chi connectivity index (χ1) is 34.0. The topological polar surface area (TPSA) is 78.9 Å². The van der Waals surface area contributed by atoms with E-state index in [-0.39, 0.29) is 31.1 Å². The Hall–Kier alpha value is -3.93. The third kappa shape index (κ3) is 54.9. The molecular formula is C63H104O6. The van der Waals surface area contributed by atoms with E-state index >= 15 is 0 Å². The fourth-order valence-corrected chi connectivity index (χ4v) is 7.51. The zero-order chi connectivity index (χ0) is 50.0. The normalized spacial score (nSPS) is 12.9. The predicted molar refractivity (Wildman–Crippen MR) is 297 cm³/mol. The average Bonchev–Trinajstić information content (AvgIpc) is 3.35. The van der Waals surface area contributed by atoms with Gasteiger partial charge in [0.2, 0.25) is 0 Å². The van der Waals surface area contributed by atoms with E-state index in [9.17, 15) is 14.4 Å². The van der Waals surface area contributed by atoms with Gasteiger partial charge < -0.3 is 14.2 Å². The van der Waals surface area contributed by atoms with Gasteiger partial charge in [-0.05, 0) is 109 Å². The molecule has 1 unspecified atom stereocenters. The largest absolute Gasteiger partial charge is 0.462 e. The quantitative estimate of drug-likeness (QED) is 0.0262. The van der Waals surface area contributed by atoms with Gasteiger partial charge in [0.25, 0.3) is 0 Å². The van der Waals surface area contributed by atoms with Crippen LogP contribution in [0.3, 0.4) is 0 Å². The number of carbonyl (C=O) groups excluding carboxylic acids is 3. The van der Waals surface area contributed by atoms with Gasteiger partial charge in [-0.3, -0.25) is 14.4 Å². The summed E-state index contributed by atoms with van der Waals surface area (Å²) >= 11 is 0. The number of rotatable bonds is 50. The highest BCUT2D eigenvalue weighted by Crippen LogP contribution is 2.14. The second-order valence-electron chi connectivity index (χ2n) is 18.5. The van der Waals surface area contributed by atoms with E-state index in [1.54, 1.807) is 0 Å². The van der Waals surface area contributed by atoms with Crippen molar-refractivity contribution in [1.82, 2.24) is 0 Å². The molecule has 0 heterocycles. The zero-order valence-electron chi connectivity index (χ0n) is 44.8. The van der Waals surface area contributed by atoms with Crippen LogP contribution >= 0.6 is 0 Å². The Balaban J connectivity index is 4.16. The lowest BCUT2D eigenvalue weighted by atomic mass is 10.1. The maximum atomic E-state index is 12.8. The van der Waals surface area contributed by atoms with Crippen LogP contribution in [0.25, 0.3) is 0 Å². The maximum absolute atomic E-state index is 12.8. The van der Waals surface area contributed by atoms with Crippen molar-refractivity contribution in [2.45, 2.75) is 258 Å².